The van der Waals surface area contributed by atoms with Crippen LogP contribution in [-0.2, 0) is 33.6 Å². The highest BCUT2D eigenvalue weighted by molar-refractivity contribution is 5.89. The van der Waals surface area contributed by atoms with Gasteiger partial charge in [0.05, 0.1) is 29.7 Å². The first-order valence-electron chi connectivity index (χ1n) is 10.4. The number of nitriles is 1. The van der Waals surface area contributed by atoms with Gasteiger partial charge in [-0.1, -0.05) is 24.3 Å². The predicted octanol–water partition coefficient (Wildman–Crippen LogP) is 3.60. The highest BCUT2D eigenvalue weighted by Crippen LogP contribution is 2.30. The fourth-order valence-electron chi connectivity index (χ4n) is 3.79. The van der Waals surface area contributed by atoms with Crippen molar-refractivity contribution < 1.29 is 27.5 Å². The van der Waals surface area contributed by atoms with Crippen molar-refractivity contribution in [3.05, 3.63) is 70.8 Å². The van der Waals surface area contributed by atoms with E-state index >= 15 is 0 Å². The summed E-state index contributed by atoms with van der Waals surface area (Å²) < 4.78 is 44.1. The number of halogens is 3. The third-order valence-corrected chi connectivity index (χ3v) is 5.52. The number of carbonyl (C=O) groups excluding carboxylic acids is 2. The van der Waals surface area contributed by atoms with Crippen LogP contribution in [0.2, 0.25) is 0 Å². The zero-order valence-electron chi connectivity index (χ0n) is 18.1. The normalized spacial score (nSPS) is 16.0. The van der Waals surface area contributed by atoms with E-state index in [4.69, 9.17) is 10.00 Å². The van der Waals surface area contributed by atoms with Gasteiger partial charge >= 0.3 is 6.18 Å². The molecular weight excluding hydrogens is 435 g/mol. The van der Waals surface area contributed by atoms with Gasteiger partial charge in [-0.3, -0.25) is 9.59 Å². The number of hydrogen-bond donors (Lipinski definition) is 0. The van der Waals surface area contributed by atoms with Gasteiger partial charge in [0.1, 0.15) is 0 Å². The minimum Gasteiger partial charge on any atom is -0.383 e. The minimum atomic E-state index is -4.46. The molecule has 0 N–H and O–H groups in total. The van der Waals surface area contributed by atoms with Crippen LogP contribution in [0.1, 0.15) is 28.7 Å². The number of hydrogen-bond acceptors (Lipinski definition) is 4. The van der Waals surface area contributed by atoms with Crippen LogP contribution < -0.4 is 0 Å². The summed E-state index contributed by atoms with van der Waals surface area (Å²) in [7, 11) is 1.53. The van der Waals surface area contributed by atoms with Crippen LogP contribution in [0.3, 0.4) is 0 Å². The van der Waals surface area contributed by atoms with E-state index in [2.05, 4.69) is 0 Å². The topological polar surface area (TPSA) is 73.6 Å². The smallest absolute Gasteiger partial charge is 0.383 e. The zero-order valence-corrected chi connectivity index (χ0v) is 18.1. The van der Waals surface area contributed by atoms with Crippen LogP contribution >= 0.6 is 0 Å². The summed E-state index contributed by atoms with van der Waals surface area (Å²) in [6, 6.07) is 13.8. The van der Waals surface area contributed by atoms with E-state index in [1.165, 1.54) is 24.1 Å². The quantitative estimate of drug-likeness (QED) is 0.605. The molecule has 0 aliphatic carbocycles. The number of carbonyl (C=O) groups is 2. The predicted molar refractivity (Wildman–Crippen MR) is 113 cm³/mol. The Morgan fingerprint density at radius 3 is 2.58 bits per heavy atom. The molecule has 9 heteroatoms. The van der Waals surface area contributed by atoms with E-state index in [0.29, 0.717) is 30.8 Å². The fourth-order valence-corrected chi connectivity index (χ4v) is 3.79. The lowest BCUT2D eigenvalue weighted by Gasteiger charge is -2.25. The maximum absolute atomic E-state index is 13.2. The molecule has 2 amide bonds. The maximum Gasteiger partial charge on any atom is 0.416 e. The van der Waals surface area contributed by atoms with Gasteiger partial charge in [-0.15, -0.1) is 0 Å². The Hall–Kier alpha value is -3.38. The number of rotatable bonds is 8. The summed E-state index contributed by atoms with van der Waals surface area (Å²) in [5, 5.41) is 8.95. The largest absolute Gasteiger partial charge is 0.416 e. The van der Waals surface area contributed by atoms with E-state index < -0.39 is 17.7 Å². The first kappa shape index (κ1) is 24.3. The van der Waals surface area contributed by atoms with Gasteiger partial charge in [0.15, 0.2) is 0 Å². The van der Waals surface area contributed by atoms with E-state index in [0.717, 1.165) is 17.7 Å². The lowest BCUT2D eigenvalue weighted by Crippen LogP contribution is -2.39. The molecule has 1 aliphatic rings. The summed E-state index contributed by atoms with van der Waals surface area (Å²) in [5.41, 5.74) is 0.941. The average Bonchev–Trinajstić information content (AvgIpc) is 3.16. The second kappa shape index (κ2) is 10.5. The van der Waals surface area contributed by atoms with E-state index in [1.807, 2.05) is 6.07 Å². The molecule has 1 unspecified atom stereocenters. The third kappa shape index (κ3) is 6.33. The Bertz CT molecular complexity index is 1030. The van der Waals surface area contributed by atoms with Crippen molar-refractivity contribution in [1.29, 1.82) is 5.26 Å². The number of likely N-dealkylation sites (tertiary alicyclic amines) is 1. The van der Waals surface area contributed by atoms with Crippen LogP contribution in [0, 0.1) is 17.2 Å². The van der Waals surface area contributed by atoms with Gasteiger partial charge in [0.2, 0.25) is 11.8 Å². The average molecular weight is 459 g/mol. The molecule has 0 spiro atoms. The van der Waals surface area contributed by atoms with Crippen molar-refractivity contribution in [2.24, 2.45) is 5.92 Å². The lowest BCUT2D eigenvalue weighted by atomic mass is 10.1. The van der Waals surface area contributed by atoms with Crippen LogP contribution in [0.4, 0.5) is 13.2 Å². The highest BCUT2D eigenvalue weighted by Gasteiger charge is 2.37. The lowest BCUT2D eigenvalue weighted by molar-refractivity contribution is -0.138. The molecule has 1 saturated heterocycles. The van der Waals surface area contributed by atoms with Gasteiger partial charge < -0.3 is 14.5 Å². The summed E-state index contributed by atoms with van der Waals surface area (Å²) >= 11 is 0. The van der Waals surface area contributed by atoms with E-state index in [9.17, 15) is 22.8 Å². The second-order valence-electron chi connectivity index (χ2n) is 7.93. The number of ether oxygens (including phenoxy) is 1. The molecule has 6 nitrogen and oxygen atoms in total. The van der Waals surface area contributed by atoms with Gasteiger partial charge in [0, 0.05) is 39.7 Å². The van der Waals surface area contributed by atoms with Crippen LogP contribution in [0.25, 0.3) is 0 Å². The summed E-state index contributed by atoms with van der Waals surface area (Å²) in [5.74, 6) is -1.06. The van der Waals surface area contributed by atoms with Crippen molar-refractivity contribution >= 4 is 11.8 Å². The van der Waals surface area contributed by atoms with Gasteiger partial charge in [-0.25, -0.2) is 0 Å². The molecule has 1 aliphatic heterocycles. The van der Waals surface area contributed by atoms with Crippen molar-refractivity contribution in [2.75, 3.05) is 26.8 Å². The zero-order chi connectivity index (χ0) is 24.0. The number of methoxy groups -OCH3 is 1. The molecule has 1 fully saturated rings. The van der Waals surface area contributed by atoms with Crippen LogP contribution in [0.15, 0.2) is 48.5 Å². The van der Waals surface area contributed by atoms with E-state index in [-0.39, 0.29) is 31.3 Å². The summed E-state index contributed by atoms with van der Waals surface area (Å²) in [6.07, 6.45) is -4.45. The summed E-state index contributed by atoms with van der Waals surface area (Å²) in [4.78, 5) is 28.7. The fraction of sp³-hybridized carbons (Fsp3) is 0.375. The van der Waals surface area contributed by atoms with Crippen LogP contribution in [0.5, 0.6) is 0 Å². The minimum absolute atomic E-state index is 0.00858. The monoisotopic (exact) mass is 459 g/mol. The molecule has 1 atom stereocenters. The molecule has 3 rings (SSSR count). The van der Waals surface area contributed by atoms with Crippen molar-refractivity contribution in [3.8, 4) is 6.07 Å². The Balaban J connectivity index is 1.68. The molecule has 1 heterocycles. The van der Waals surface area contributed by atoms with Crippen LogP contribution in [-0.4, -0.2) is 48.4 Å². The molecule has 0 saturated carbocycles. The molecule has 0 radical (unpaired) electrons. The second-order valence-corrected chi connectivity index (χ2v) is 7.93. The van der Waals surface area contributed by atoms with Gasteiger partial charge in [0.25, 0.3) is 0 Å². The molecule has 2 aromatic rings. The van der Waals surface area contributed by atoms with Crippen molar-refractivity contribution in [3.63, 3.8) is 0 Å². The first-order valence-corrected chi connectivity index (χ1v) is 10.4. The number of nitrogens with zero attached hydrogens (tertiary/aromatic N) is 3. The van der Waals surface area contributed by atoms with Gasteiger partial charge in [-0.05, 0) is 35.4 Å². The highest BCUT2D eigenvalue weighted by atomic mass is 19.4. The van der Waals surface area contributed by atoms with Gasteiger partial charge in [-0.2, -0.15) is 18.4 Å². The third-order valence-electron chi connectivity index (χ3n) is 5.52. The van der Waals surface area contributed by atoms with Crippen molar-refractivity contribution in [1.82, 2.24) is 9.80 Å². The standard InChI is InChI=1S/C24H24F3N3O3/c1-33-10-9-29(14-18-7-5-17(13-28)6-8-18)23(32)20-12-22(31)30(16-20)15-19-3-2-4-21(11-19)24(25,26)27/h2-8,11,20H,9-10,12,14-16H2,1H3. The Kier molecular flexibility index (Phi) is 7.71. The number of alkyl halides is 3. The maximum atomic E-state index is 13.2. The number of benzene rings is 2. The molecular formula is C24H24F3N3O3. The summed E-state index contributed by atoms with van der Waals surface area (Å²) in [6.45, 7) is 1.10. The number of amides is 2. The SMILES string of the molecule is COCCN(Cc1ccc(C#N)cc1)C(=O)C1CC(=O)N(Cc2cccc(C(F)(F)F)c2)C1. The Morgan fingerprint density at radius 2 is 1.94 bits per heavy atom. The van der Waals surface area contributed by atoms with E-state index in [1.54, 1.807) is 29.2 Å². The molecule has 33 heavy (non-hydrogen) atoms. The molecule has 2 aromatic carbocycles. The Labute approximate surface area is 190 Å². The Morgan fingerprint density at radius 1 is 1.21 bits per heavy atom. The first-order chi connectivity index (χ1) is 15.7. The van der Waals surface area contributed by atoms with Crippen molar-refractivity contribution in [2.45, 2.75) is 25.7 Å². The molecule has 174 valence electrons. The molecule has 0 bridgehead atoms. The molecule has 0 aromatic heterocycles.